The molecule has 0 saturated carbocycles. The van der Waals surface area contributed by atoms with E-state index in [2.05, 4.69) is 4.98 Å². The van der Waals surface area contributed by atoms with Crippen LogP contribution in [0.4, 0.5) is 0 Å². The number of hydrogen-bond acceptors (Lipinski definition) is 5. The molecule has 1 aromatic carbocycles. The van der Waals surface area contributed by atoms with Gasteiger partial charge in [0.1, 0.15) is 5.58 Å². The van der Waals surface area contributed by atoms with Crippen LogP contribution in [0, 0.1) is 0 Å². The lowest BCUT2D eigenvalue weighted by Crippen LogP contribution is -3.06. The maximum atomic E-state index is 13.3. The number of hydrogen-bond donors (Lipinski definition) is 1. The highest BCUT2D eigenvalue weighted by atomic mass is 16.3. The summed E-state index contributed by atoms with van der Waals surface area (Å²) in [6.07, 6.45) is 3.17. The largest absolute Gasteiger partial charge is 0.868 e. The summed E-state index contributed by atoms with van der Waals surface area (Å²) < 4.78 is 5.67. The molecule has 4 rings (SSSR count). The summed E-state index contributed by atoms with van der Waals surface area (Å²) in [5, 5.41) is 13.6. The number of pyridine rings is 1. The van der Waals surface area contributed by atoms with E-state index in [0.717, 1.165) is 10.3 Å². The van der Waals surface area contributed by atoms with E-state index in [4.69, 9.17) is 4.42 Å². The first-order valence-corrected chi connectivity index (χ1v) is 9.41. The zero-order valence-electron chi connectivity index (χ0n) is 16.2. The molecule has 0 radical (unpaired) electrons. The Morgan fingerprint density at radius 3 is 2.62 bits per heavy atom. The molecular formula is C22H21N3O4. The van der Waals surface area contributed by atoms with E-state index >= 15 is 0 Å². The minimum Gasteiger partial charge on any atom is -0.868 e. The third kappa shape index (κ3) is 3.40. The number of amides is 1. The van der Waals surface area contributed by atoms with Gasteiger partial charge in [0.25, 0.3) is 0 Å². The Morgan fingerprint density at radius 1 is 1.21 bits per heavy atom. The van der Waals surface area contributed by atoms with Crippen molar-refractivity contribution in [3.8, 4) is 0 Å². The van der Waals surface area contributed by atoms with Gasteiger partial charge in [0.05, 0.1) is 33.2 Å². The van der Waals surface area contributed by atoms with Crippen LogP contribution in [0.5, 0.6) is 0 Å². The Hall–Kier alpha value is -3.45. The van der Waals surface area contributed by atoms with Crippen LogP contribution in [0.2, 0.25) is 0 Å². The average Bonchev–Trinajstić information content (AvgIpc) is 3.26. The molecular weight excluding hydrogens is 370 g/mol. The van der Waals surface area contributed by atoms with Gasteiger partial charge < -0.3 is 19.3 Å². The molecule has 7 nitrogen and oxygen atoms in total. The number of fused-ring (bicyclic) bond motifs is 1. The minimum atomic E-state index is -0.772. The van der Waals surface area contributed by atoms with Crippen molar-refractivity contribution in [1.29, 1.82) is 0 Å². The smallest absolute Gasteiger partial charge is 0.240 e. The van der Waals surface area contributed by atoms with E-state index in [9.17, 15) is 14.7 Å². The van der Waals surface area contributed by atoms with Crippen LogP contribution in [0.3, 0.4) is 0 Å². The number of carbonyl (C=O) groups is 2. The van der Waals surface area contributed by atoms with Gasteiger partial charge in [-0.1, -0.05) is 18.2 Å². The van der Waals surface area contributed by atoms with Crippen molar-refractivity contribution in [3.63, 3.8) is 0 Å². The van der Waals surface area contributed by atoms with E-state index in [1.807, 2.05) is 32.3 Å². The zero-order valence-corrected chi connectivity index (χ0v) is 16.2. The van der Waals surface area contributed by atoms with E-state index in [-0.39, 0.29) is 11.3 Å². The Balaban J connectivity index is 1.78. The number of nitrogens with zero attached hydrogens (tertiary/aromatic N) is 2. The number of ketones is 1. The molecule has 1 N–H and O–H groups in total. The van der Waals surface area contributed by atoms with Gasteiger partial charge in [0.2, 0.25) is 11.7 Å². The summed E-state index contributed by atoms with van der Waals surface area (Å²) in [5.41, 5.74) is 1.16. The predicted octanol–water partition coefficient (Wildman–Crippen LogP) is 0.353. The number of likely N-dealkylation sites (N-methyl/N-ethyl adjacent to an activating group) is 1. The first kappa shape index (κ1) is 18.9. The zero-order chi connectivity index (χ0) is 20.5. The summed E-state index contributed by atoms with van der Waals surface area (Å²) in [7, 11) is 3.93. The SMILES string of the molecule is C[NH+](C)CCN1C(=O)C([O-])=C(C(=O)c2cc3ccccc3o2)C1c1ccncc1. The molecule has 1 aliphatic heterocycles. The van der Waals surface area contributed by atoms with Crippen LogP contribution in [0.15, 0.2) is 70.6 Å². The summed E-state index contributed by atoms with van der Waals surface area (Å²) in [5.74, 6) is -1.93. The molecule has 3 aromatic rings. The molecule has 0 spiro atoms. The van der Waals surface area contributed by atoms with Crippen molar-refractivity contribution in [3.05, 3.63) is 77.5 Å². The molecule has 0 aliphatic carbocycles. The molecule has 0 fully saturated rings. The number of para-hydroxylation sites is 1. The van der Waals surface area contributed by atoms with Crippen molar-refractivity contribution < 1.29 is 24.0 Å². The van der Waals surface area contributed by atoms with Gasteiger partial charge in [0, 0.05) is 23.4 Å². The monoisotopic (exact) mass is 391 g/mol. The fourth-order valence-corrected chi connectivity index (χ4v) is 3.56. The number of benzene rings is 1. The van der Waals surface area contributed by atoms with Crippen molar-refractivity contribution in [2.24, 2.45) is 0 Å². The summed E-state index contributed by atoms with van der Waals surface area (Å²) in [6.45, 7) is 1.00. The van der Waals surface area contributed by atoms with Crippen LogP contribution >= 0.6 is 0 Å². The Morgan fingerprint density at radius 2 is 1.93 bits per heavy atom. The van der Waals surface area contributed by atoms with Crippen LogP contribution in [0.25, 0.3) is 11.0 Å². The van der Waals surface area contributed by atoms with Crippen LogP contribution < -0.4 is 10.0 Å². The van der Waals surface area contributed by atoms with Gasteiger partial charge in [-0.15, -0.1) is 0 Å². The van der Waals surface area contributed by atoms with Crippen molar-refractivity contribution in [1.82, 2.24) is 9.88 Å². The fraction of sp³-hybridized carbons (Fsp3) is 0.227. The first-order valence-electron chi connectivity index (χ1n) is 9.41. The highest BCUT2D eigenvalue weighted by molar-refractivity contribution is 6.15. The standard InChI is InChI=1S/C22H21N3O4/c1-24(2)11-12-25-19(14-7-9-23-10-8-14)18(21(27)22(25)28)20(26)17-13-15-5-3-4-6-16(15)29-17/h3-10,13,19,27H,11-12H2,1-2H3. The van der Waals surface area contributed by atoms with Gasteiger partial charge >= 0.3 is 0 Å². The number of Topliss-reactive ketones (excluding diaryl/α,β-unsaturated/α-hetero) is 1. The third-order valence-corrected chi connectivity index (χ3v) is 5.05. The second kappa shape index (κ2) is 7.52. The van der Waals surface area contributed by atoms with E-state index < -0.39 is 23.5 Å². The quantitative estimate of drug-likeness (QED) is 0.613. The third-order valence-electron chi connectivity index (χ3n) is 5.05. The topological polar surface area (TPSA) is 90.9 Å². The molecule has 148 valence electrons. The lowest BCUT2D eigenvalue weighted by Gasteiger charge is -2.27. The Bertz CT molecular complexity index is 1070. The average molecular weight is 391 g/mol. The Kier molecular flexibility index (Phi) is 4.90. The molecule has 1 atom stereocenters. The second-order valence-corrected chi connectivity index (χ2v) is 7.36. The number of aromatic nitrogens is 1. The number of rotatable bonds is 6. The van der Waals surface area contributed by atoms with E-state index in [0.29, 0.717) is 24.2 Å². The second-order valence-electron chi connectivity index (χ2n) is 7.36. The van der Waals surface area contributed by atoms with Gasteiger partial charge in [-0.25, -0.2) is 0 Å². The van der Waals surface area contributed by atoms with Gasteiger partial charge in [-0.2, -0.15) is 0 Å². The van der Waals surface area contributed by atoms with E-state index in [1.54, 1.807) is 36.7 Å². The number of quaternary nitrogens is 1. The van der Waals surface area contributed by atoms with Crippen molar-refractivity contribution in [2.75, 3.05) is 27.2 Å². The minimum absolute atomic E-state index is 0.0569. The lowest BCUT2D eigenvalue weighted by atomic mass is 9.95. The van der Waals surface area contributed by atoms with Gasteiger partial charge in [-0.3, -0.25) is 14.6 Å². The normalized spacial score (nSPS) is 17.0. The predicted molar refractivity (Wildman–Crippen MR) is 104 cm³/mol. The summed E-state index contributed by atoms with van der Waals surface area (Å²) >= 11 is 0. The van der Waals surface area contributed by atoms with Gasteiger partial charge in [-0.05, 0) is 35.6 Å². The summed E-state index contributed by atoms with van der Waals surface area (Å²) in [4.78, 5) is 32.7. The molecule has 0 saturated heterocycles. The molecule has 1 unspecified atom stereocenters. The van der Waals surface area contributed by atoms with Crippen LogP contribution in [0.1, 0.15) is 22.2 Å². The summed E-state index contributed by atoms with van der Waals surface area (Å²) in [6, 6.07) is 11.5. The van der Waals surface area contributed by atoms with Crippen LogP contribution in [-0.2, 0) is 4.79 Å². The lowest BCUT2D eigenvalue weighted by molar-refractivity contribution is -0.857. The fourth-order valence-electron chi connectivity index (χ4n) is 3.56. The molecule has 0 bridgehead atoms. The van der Waals surface area contributed by atoms with Crippen molar-refractivity contribution >= 4 is 22.7 Å². The maximum absolute atomic E-state index is 13.3. The highest BCUT2D eigenvalue weighted by Gasteiger charge is 2.40. The van der Waals surface area contributed by atoms with Crippen LogP contribution in [-0.4, -0.2) is 48.8 Å². The molecule has 7 heteroatoms. The first-order chi connectivity index (χ1) is 14.0. The maximum Gasteiger partial charge on any atom is 0.240 e. The number of nitrogens with one attached hydrogen (secondary N) is 1. The van der Waals surface area contributed by atoms with Gasteiger partial charge in [0.15, 0.2) is 5.76 Å². The number of furan rings is 1. The molecule has 1 amide bonds. The van der Waals surface area contributed by atoms with Crippen molar-refractivity contribution in [2.45, 2.75) is 6.04 Å². The molecule has 3 heterocycles. The highest BCUT2D eigenvalue weighted by Crippen LogP contribution is 2.38. The molecule has 29 heavy (non-hydrogen) atoms. The Labute approximate surface area is 167 Å². The molecule has 1 aliphatic rings. The molecule has 2 aromatic heterocycles. The van der Waals surface area contributed by atoms with E-state index in [1.165, 1.54) is 4.90 Å². The number of carbonyl (C=O) groups excluding carboxylic acids is 2.